The quantitative estimate of drug-likeness (QED) is 0.439. The molecule has 0 radical (unpaired) electrons. The van der Waals surface area contributed by atoms with E-state index in [2.05, 4.69) is 20.5 Å². The number of anilines is 4. The molecule has 3 amide bonds. The molecular formula is C28H30N6O3. The first-order valence-corrected chi connectivity index (χ1v) is 12.7. The Morgan fingerprint density at radius 1 is 0.892 bits per heavy atom. The molecule has 0 aliphatic carbocycles. The van der Waals surface area contributed by atoms with Crippen molar-refractivity contribution in [2.75, 3.05) is 35.2 Å². The molecule has 2 aliphatic rings. The minimum Gasteiger partial charge on any atom is -0.341 e. The van der Waals surface area contributed by atoms with Gasteiger partial charge < -0.3 is 15.5 Å². The standard InChI is InChI=1S/C28H30N6O3/c1-19-18-24(32-28(29-19)33-15-5-2-6-16-33)30-20-11-13-21(14-12-20)31-25(35)10-7-17-34-26(36)22-8-3-4-9-23(22)27(34)37/h3-4,8-9,11-14,18H,2,5-7,10,15-17H2,1H3,(H,31,35)(H,29,30,32). The van der Waals surface area contributed by atoms with Crippen LogP contribution in [0.2, 0.25) is 0 Å². The molecule has 3 aromatic rings. The van der Waals surface area contributed by atoms with Gasteiger partial charge in [-0.2, -0.15) is 4.98 Å². The Balaban J connectivity index is 1.12. The van der Waals surface area contributed by atoms with Gasteiger partial charge in [0.25, 0.3) is 11.8 Å². The lowest BCUT2D eigenvalue weighted by molar-refractivity contribution is -0.116. The molecule has 0 atom stereocenters. The zero-order valence-corrected chi connectivity index (χ0v) is 20.9. The molecule has 1 aromatic heterocycles. The van der Waals surface area contributed by atoms with E-state index in [9.17, 15) is 14.4 Å². The fourth-order valence-electron chi connectivity index (χ4n) is 4.70. The second kappa shape index (κ2) is 10.8. The number of carbonyl (C=O) groups is 3. The fourth-order valence-corrected chi connectivity index (χ4v) is 4.70. The molecule has 2 aromatic carbocycles. The Kier molecular flexibility index (Phi) is 7.11. The number of rotatable bonds is 8. The van der Waals surface area contributed by atoms with Crippen LogP contribution in [0.4, 0.5) is 23.1 Å². The van der Waals surface area contributed by atoms with E-state index in [4.69, 9.17) is 4.98 Å². The molecule has 0 saturated carbocycles. The lowest BCUT2D eigenvalue weighted by Crippen LogP contribution is -2.31. The molecule has 2 aliphatic heterocycles. The molecule has 3 heterocycles. The second-order valence-electron chi connectivity index (χ2n) is 9.40. The largest absolute Gasteiger partial charge is 0.341 e. The number of fused-ring (bicyclic) bond motifs is 1. The van der Waals surface area contributed by atoms with Gasteiger partial charge in [-0.15, -0.1) is 0 Å². The van der Waals surface area contributed by atoms with Crippen molar-refractivity contribution in [3.63, 3.8) is 0 Å². The van der Waals surface area contributed by atoms with Gasteiger partial charge >= 0.3 is 0 Å². The summed E-state index contributed by atoms with van der Waals surface area (Å²) in [7, 11) is 0. The van der Waals surface area contributed by atoms with Gasteiger partial charge in [-0.3, -0.25) is 19.3 Å². The Morgan fingerprint density at radius 2 is 1.54 bits per heavy atom. The SMILES string of the molecule is Cc1cc(Nc2ccc(NC(=O)CCCN3C(=O)c4ccccc4C3=O)cc2)nc(N2CCCCC2)n1. The Labute approximate surface area is 215 Å². The normalized spacial score (nSPS) is 15.1. The van der Waals surface area contributed by atoms with Crippen molar-refractivity contribution in [2.24, 2.45) is 0 Å². The second-order valence-corrected chi connectivity index (χ2v) is 9.40. The van der Waals surface area contributed by atoms with Crippen molar-refractivity contribution in [3.8, 4) is 0 Å². The monoisotopic (exact) mass is 498 g/mol. The maximum atomic E-state index is 12.4. The van der Waals surface area contributed by atoms with Crippen LogP contribution >= 0.6 is 0 Å². The van der Waals surface area contributed by atoms with Crippen LogP contribution in [0.3, 0.4) is 0 Å². The number of nitrogens with one attached hydrogen (secondary N) is 2. The van der Waals surface area contributed by atoms with Gasteiger partial charge in [-0.05, 0) is 69.0 Å². The lowest BCUT2D eigenvalue weighted by atomic mass is 10.1. The molecule has 0 bridgehead atoms. The molecule has 0 spiro atoms. The van der Waals surface area contributed by atoms with Crippen molar-refractivity contribution < 1.29 is 14.4 Å². The number of nitrogens with zero attached hydrogens (tertiary/aromatic N) is 4. The van der Waals surface area contributed by atoms with Crippen molar-refractivity contribution in [3.05, 3.63) is 71.4 Å². The summed E-state index contributed by atoms with van der Waals surface area (Å²) in [6, 6.07) is 16.1. The number of aromatic nitrogens is 2. The van der Waals surface area contributed by atoms with Gasteiger partial charge in [0, 0.05) is 49.2 Å². The number of benzene rings is 2. The molecule has 190 valence electrons. The molecule has 5 rings (SSSR count). The van der Waals surface area contributed by atoms with Gasteiger partial charge in [0.2, 0.25) is 11.9 Å². The summed E-state index contributed by atoms with van der Waals surface area (Å²) in [6.45, 7) is 4.14. The number of aryl methyl sites for hydroxylation is 1. The maximum absolute atomic E-state index is 12.4. The zero-order valence-electron chi connectivity index (χ0n) is 20.9. The Hall–Kier alpha value is -4.27. The van der Waals surface area contributed by atoms with E-state index in [0.717, 1.165) is 49.1 Å². The molecule has 1 fully saturated rings. The highest BCUT2D eigenvalue weighted by molar-refractivity contribution is 6.21. The molecule has 1 saturated heterocycles. The predicted octanol–water partition coefficient (Wildman–Crippen LogP) is 4.53. The zero-order chi connectivity index (χ0) is 25.8. The van der Waals surface area contributed by atoms with Crippen molar-refractivity contribution in [2.45, 2.75) is 39.0 Å². The highest BCUT2D eigenvalue weighted by atomic mass is 16.2. The average molecular weight is 499 g/mol. The number of hydrogen-bond donors (Lipinski definition) is 2. The highest BCUT2D eigenvalue weighted by Crippen LogP contribution is 2.24. The van der Waals surface area contributed by atoms with E-state index in [0.29, 0.717) is 23.2 Å². The van der Waals surface area contributed by atoms with E-state index in [1.54, 1.807) is 24.3 Å². The van der Waals surface area contributed by atoms with Crippen LogP contribution in [0.1, 0.15) is 58.5 Å². The number of piperidine rings is 1. The molecule has 0 unspecified atom stereocenters. The van der Waals surface area contributed by atoms with Crippen LogP contribution in [0.15, 0.2) is 54.6 Å². The van der Waals surface area contributed by atoms with Crippen LogP contribution in [-0.4, -0.2) is 52.2 Å². The third-order valence-corrected chi connectivity index (χ3v) is 6.59. The van der Waals surface area contributed by atoms with E-state index in [-0.39, 0.29) is 30.7 Å². The predicted molar refractivity (Wildman–Crippen MR) is 142 cm³/mol. The highest BCUT2D eigenvalue weighted by Gasteiger charge is 2.34. The molecule has 37 heavy (non-hydrogen) atoms. The maximum Gasteiger partial charge on any atom is 0.261 e. The first-order valence-electron chi connectivity index (χ1n) is 12.7. The van der Waals surface area contributed by atoms with Gasteiger partial charge in [0.05, 0.1) is 11.1 Å². The molecule has 9 nitrogen and oxygen atoms in total. The van der Waals surface area contributed by atoms with Gasteiger partial charge in [-0.1, -0.05) is 12.1 Å². The number of carbonyl (C=O) groups excluding carboxylic acids is 3. The average Bonchev–Trinajstić information content (AvgIpc) is 3.15. The van der Waals surface area contributed by atoms with Crippen LogP contribution in [0.25, 0.3) is 0 Å². The van der Waals surface area contributed by atoms with Gasteiger partial charge in [0.15, 0.2) is 0 Å². The van der Waals surface area contributed by atoms with Crippen molar-refractivity contribution >= 4 is 40.9 Å². The summed E-state index contributed by atoms with van der Waals surface area (Å²) >= 11 is 0. The van der Waals surface area contributed by atoms with E-state index < -0.39 is 0 Å². The number of hydrogen-bond acceptors (Lipinski definition) is 7. The summed E-state index contributed by atoms with van der Waals surface area (Å²) in [5.74, 6) is 0.720. The third kappa shape index (κ3) is 5.61. The minimum atomic E-state index is -0.300. The number of imide groups is 1. The topological polar surface area (TPSA) is 108 Å². The summed E-state index contributed by atoms with van der Waals surface area (Å²) in [4.78, 5) is 50.1. The fraction of sp³-hybridized carbons (Fsp3) is 0.321. The van der Waals surface area contributed by atoms with Gasteiger partial charge in [0.1, 0.15) is 5.82 Å². The van der Waals surface area contributed by atoms with E-state index in [1.165, 1.54) is 11.3 Å². The van der Waals surface area contributed by atoms with E-state index in [1.807, 2.05) is 37.3 Å². The number of amides is 3. The Morgan fingerprint density at radius 3 is 2.22 bits per heavy atom. The summed E-state index contributed by atoms with van der Waals surface area (Å²) in [6.07, 6.45) is 4.17. The first-order chi connectivity index (χ1) is 18.0. The van der Waals surface area contributed by atoms with Crippen LogP contribution in [0.5, 0.6) is 0 Å². The Bertz CT molecular complexity index is 1280. The van der Waals surface area contributed by atoms with Crippen molar-refractivity contribution in [1.29, 1.82) is 0 Å². The molecular weight excluding hydrogens is 468 g/mol. The van der Waals surface area contributed by atoms with Gasteiger partial charge in [-0.25, -0.2) is 4.98 Å². The van der Waals surface area contributed by atoms with Crippen LogP contribution in [0, 0.1) is 6.92 Å². The first kappa shape index (κ1) is 24.4. The van der Waals surface area contributed by atoms with E-state index >= 15 is 0 Å². The third-order valence-electron chi connectivity index (χ3n) is 6.59. The van der Waals surface area contributed by atoms with Crippen molar-refractivity contribution in [1.82, 2.24) is 14.9 Å². The summed E-state index contributed by atoms with van der Waals surface area (Å²) < 4.78 is 0. The molecule has 9 heteroatoms. The minimum absolute atomic E-state index is 0.171. The van der Waals surface area contributed by atoms with Crippen LogP contribution in [-0.2, 0) is 4.79 Å². The summed E-state index contributed by atoms with van der Waals surface area (Å²) in [5, 5.41) is 6.20. The van der Waals surface area contributed by atoms with Crippen LogP contribution < -0.4 is 15.5 Å². The smallest absolute Gasteiger partial charge is 0.261 e. The summed E-state index contributed by atoms with van der Waals surface area (Å²) in [5.41, 5.74) is 3.27. The lowest BCUT2D eigenvalue weighted by Gasteiger charge is -2.27. The molecule has 2 N–H and O–H groups in total.